The molecule has 1 aromatic heterocycles. The molecule has 2 aromatic rings. The Morgan fingerprint density at radius 1 is 1.11 bits per heavy atom. The van der Waals surface area contributed by atoms with Gasteiger partial charge in [-0.05, 0) is 6.07 Å². The quantitative estimate of drug-likeness (QED) is 0.799. The summed E-state index contributed by atoms with van der Waals surface area (Å²) in [6.45, 7) is 0. The molecule has 7 heteroatoms. The first-order chi connectivity index (χ1) is 8.39. The Labute approximate surface area is 99.3 Å². The second kappa shape index (κ2) is 4.25. The van der Waals surface area contributed by atoms with Crippen LogP contribution in [0.3, 0.4) is 0 Å². The van der Waals surface area contributed by atoms with E-state index in [1.807, 2.05) is 0 Å². The summed E-state index contributed by atoms with van der Waals surface area (Å²) in [4.78, 5) is 6.88. The molecule has 0 spiro atoms. The molecular formula is C11H7F4N3. The molecule has 0 atom stereocenters. The summed E-state index contributed by atoms with van der Waals surface area (Å²) in [5.41, 5.74) is 3.46. The van der Waals surface area contributed by atoms with E-state index in [1.165, 1.54) is 12.1 Å². The lowest BCUT2D eigenvalue weighted by molar-refractivity contribution is -0.137. The number of rotatable bonds is 1. The van der Waals surface area contributed by atoms with Crippen molar-refractivity contribution < 1.29 is 17.6 Å². The molecule has 0 unspecified atom stereocenters. The number of hydrogen-bond acceptors (Lipinski definition) is 3. The average molecular weight is 257 g/mol. The maximum absolute atomic E-state index is 13.5. The van der Waals surface area contributed by atoms with Gasteiger partial charge in [-0.2, -0.15) is 13.2 Å². The van der Waals surface area contributed by atoms with Crippen LogP contribution in [-0.2, 0) is 6.18 Å². The Morgan fingerprint density at radius 3 is 2.44 bits per heavy atom. The smallest absolute Gasteiger partial charge is 0.368 e. The number of aromatic nitrogens is 2. The highest BCUT2D eigenvalue weighted by Crippen LogP contribution is 2.36. The van der Waals surface area contributed by atoms with Gasteiger partial charge in [0.2, 0.25) is 5.95 Å². The molecule has 0 aliphatic carbocycles. The molecule has 1 aromatic carbocycles. The number of halogens is 4. The molecule has 0 amide bonds. The van der Waals surface area contributed by atoms with E-state index in [1.54, 1.807) is 0 Å². The lowest BCUT2D eigenvalue weighted by atomic mass is 10.0. The van der Waals surface area contributed by atoms with Gasteiger partial charge in [-0.3, -0.25) is 0 Å². The van der Waals surface area contributed by atoms with Crippen molar-refractivity contribution in [3.8, 4) is 11.3 Å². The zero-order valence-corrected chi connectivity index (χ0v) is 8.87. The van der Waals surface area contributed by atoms with Crippen molar-refractivity contribution in [3.63, 3.8) is 0 Å². The van der Waals surface area contributed by atoms with E-state index in [-0.39, 0.29) is 11.5 Å². The highest BCUT2D eigenvalue weighted by Gasteiger charge is 2.34. The summed E-state index contributed by atoms with van der Waals surface area (Å²) in [6.07, 6.45) is -3.85. The molecule has 1 heterocycles. The number of nitrogens with zero attached hydrogens (tertiary/aromatic N) is 2. The number of benzene rings is 1. The summed E-state index contributed by atoms with van der Waals surface area (Å²) in [6, 6.07) is 4.57. The van der Waals surface area contributed by atoms with Gasteiger partial charge in [0.15, 0.2) is 5.82 Å². The van der Waals surface area contributed by atoms with Gasteiger partial charge in [0.05, 0.1) is 11.8 Å². The molecule has 0 aliphatic heterocycles. The van der Waals surface area contributed by atoms with Crippen LogP contribution in [0.15, 0.2) is 30.5 Å². The first-order valence-electron chi connectivity index (χ1n) is 4.84. The minimum atomic E-state index is -4.59. The summed E-state index contributed by atoms with van der Waals surface area (Å²) in [5, 5.41) is 0. The third-order valence-electron chi connectivity index (χ3n) is 2.25. The minimum absolute atomic E-state index is 0.289. The zero-order chi connectivity index (χ0) is 13.3. The molecule has 0 fully saturated rings. The number of nitrogen functional groups attached to an aromatic ring is 1. The van der Waals surface area contributed by atoms with E-state index in [0.29, 0.717) is 0 Å². The maximum Gasteiger partial charge on any atom is 0.417 e. The predicted molar refractivity (Wildman–Crippen MR) is 56.8 cm³/mol. The van der Waals surface area contributed by atoms with Gasteiger partial charge in [0.1, 0.15) is 5.69 Å². The second-order valence-corrected chi connectivity index (χ2v) is 3.47. The van der Waals surface area contributed by atoms with Gasteiger partial charge in [0, 0.05) is 5.56 Å². The van der Waals surface area contributed by atoms with Crippen LogP contribution in [0.5, 0.6) is 0 Å². The van der Waals surface area contributed by atoms with Gasteiger partial charge in [-0.1, -0.05) is 18.2 Å². The molecular weight excluding hydrogens is 250 g/mol. The third-order valence-corrected chi connectivity index (χ3v) is 2.25. The molecule has 94 valence electrons. The van der Waals surface area contributed by atoms with Crippen molar-refractivity contribution in [1.82, 2.24) is 9.97 Å². The minimum Gasteiger partial charge on any atom is -0.368 e. The predicted octanol–water partition coefficient (Wildman–Crippen LogP) is 2.88. The van der Waals surface area contributed by atoms with Gasteiger partial charge < -0.3 is 5.73 Å². The van der Waals surface area contributed by atoms with Crippen LogP contribution in [0.25, 0.3) is 11.3 Å². The largest absolute Gasteiger partial charge is 0.417 e. The van der Waals surface area contributed by atoms with Crippen LogP contribution in [-0.4, -0.2) is 9.97 Å². The Balaban J connectivity index is 2.68. The van der Waals surface area contributed by atoms with Crippen molar-refractivity contribution in [3.05, 3.63) is 41.8 Å². The topological polar surface area (TPSA) is 51.8 Å². The highest BCUT2D eigenvalue weighted by atomic mass is 19.4. The van der Waals surface area contributed by atoms with Crippen molar-refractivity contribution in [2.75, 3.05) is 5.73 Å². The summed E-state index contributed by atoms with van der Waals surface area (Å²) in [7, 11) is 0. The van der Waals surface area contributed by atoms with Crippen LogP contribution in [0, 0.1) is 5.82 Å². The fourth-order valence-electron chi connectivity index (χ4n) is 1.51. The summed E-state index contributed by atoms with van der Waals surface area (Å²) < 4.78 is 51.8. The van der Waals surface area contributed by atoms with Crippen LogP contribution in [0.4, 0.5) is 23.5 Å². The van der Waals surface area contributed by atoms with Gasteiger partial charge in [-0.15, -0.1) is 0 Å². The van der Waals surface area contributed by atoms with E-state index in [4.69, 9.17) is 5.73 Å². The van der Waals surface area contributed by atoms with Crippen LogP contribution in [0.1, 0.15) is 5.56 Å². The van der Waals surface area contributed by atoms with Crippen molar-refractivity contribution >= 4 is 5.95 Å². The SMILES string of the molecule is Nc1ncc(F)c(-c2ccccc2C(F)(F)F)n1. The van der Waals surface area contributed by atoms with Crippen molar-refractivity contribution in [2.24, 2.45) is 0 Å². The Hall–Kier alpha value is -2.18. The molecule has 0 saturated heterocycles. The number of nitrogens with two attached hydrogens (primary N) is 1. The molecule has 3 nitrogen and oxygen atoms in total. The Bertz CT molecular complexity index is 581. The van der Waals surface area contributed by atoms with Crippen molar-refractivity contribution in [2.45, 2.75) is 6.18 Å². The van der Waals surface area contributed by atoms with Crippen LogP contribution < -0.4 is 5.73 Å². The number of hydrogen-bond donors (Lipinski definition) is 1. The molecule has 18 heavy (non-hydrogen) atoms. The average Bonchev–Trinajstić information content (AvgIpc) is 2.31. The normalized spacial score (nSPS) is 11.6. The summed E-state index contributed by atoms with van der Waals surface area (Å²) >= 11 is 0. The van der Waals surface area contributed by atoms with Crippen LogP contribution >= 0.6 is 0 Å². The van der Waals surface area contributed by atoms with E-state index >= 15 is 0 Å². The van der Waals surface area contributed by atoms with E-state index < -0.39 is 23.3 Å². The highest BCUT2D eigenvalue weighted by molar-refractivity contribution is 5.65. The van der Waals surface area contributed by atoms with Gasteiger partial charge in [-0.25, -0.2) is 14.4 Å². The monoisotopic (exact) mass is 257 g/mol. The first-order valence-corrected chi connectivity index (χ1v) is 4.84. The molecule has 0 saturated carbocycles. The van der Waals surface area contributed by atoms with Gasteiger partial charge in [0.25, 0.3) is 0 Å². The zero-order valence-electron chi connectivity index (χ0n) is 8.87. The lowest BCUT2D eigenvalue weighted by Crippen LogP contribution is -2.09. The summed E-state index contributed by atoms with van der Waals surface area (Å²) in [5.74, 6) is -1.25. The van der Waals surface area contributed by atoms with E-state index in [2.05, 4.69) is 9.97 Å². The van der Waals surface area contributed by atoms with E-state index in [0.717, 1.165) is 18.3 Å². The molecule has 0 aliphatic rings. The Kier molecular flexibility index (Phi) is 2.90. The molecule has 2 N–H and O–H groups in total. The molecule has 0 radical (unpaired) electrons. The fraction of sp³-hybridized carbons (Fsp3) is 0.0909. The second-order valence-electron chi connectivity index (χ2n) is 3.47. The molecule has 0 bridgehead atoms. The number of alkyl halides is 3. The number of anilines is 1. The van der Waals surface area contributed by atoms with Crippen LogP contribution in [0.2, 0.25) is 0 Å². The fourth-order valence-corrected chi connectivity index (χ4v) is 1.51. The van der Waals surface area contributed by atoms with Crippen molar-refractivity contribution in [1.29, 1.82) is 0 Å². The lowest BCUT2D eigenvalue weighted by Gasteiger charge is -2.12. The Morgan fingerprint density at radius 2 is 1.78 bits per heavy atom. The standard InChI is InChI=1S/C11H7F4N3/c12-8-5-17-10(16)18-9(8)6-3-1-2-4-7(6)11(13,14)15/h1-5H,(H2,16,17,18). The first kappa shape index (κ1) is 12.3. The van der Waals surface area contributed by atoms with E-state index in [9.17, 15) is 17.6 Å². The maximum atomic E-state index is 13.5. The van der Waals surface area contributed by atoms with Gasteiger partial charge >= 0.3 is 6.18 Å². The molecule has 2 rings (SSSR count). The third kappa shape index (κ3) is 2.24.